The quantitative estimate of drug-likeness (QED) is 0.732. The minimum absolute atomic E-state index is 0.441. The molecule has 0 saturated heterocycles. The lowest BCUT2D eigenvalue weighted by molar-refractivity contribution is 0.515. The molecular formula is C16H13Cl2N3O. The van der Waals surface area contributed by atoms with Crippen molar-refractivity contribution in [2.75, 3.05) is 5.32 Å². The summed E-state index contributed by atoms with van der Waals surface area (Å²) in [5.41, 5.74) is 2.84. The summed E-state index contributed by atoms with van der Waals surface area (Å²) in [6, 6.07) is 13.0. The molecule has 1 N–H and O–H groups in total. The molecule has 0 unspecified atom stereocenters. The third kappa shape index (κ3) is 3.40. The summed E-state index contributed by atoms with van der Waals surface area (Å²) in [6.07, 6.45) is 0. The molecule has 0 atom stereocenters. The predicted molar refractivity (Wildman–Crippen MR) is 88.3 cm³/mol. The molecule has 0 radical (unpaired) electrons. The molecule has 0 fully saturated rings. The molecule has 0 saturated carbocycles. The minimum atomic E-state index is 0.441. The van der Waals surface area contributed by atoms with Crippen LogP contribution in [0.4, 0.5) is 5.69 Å². The van der Waals surface area contributed by atoms with Gasteiger partial charge in [-0.1, -0.05) is 29.3 Å². The first-order chi connectivity index (χ1) is 10.6. The molecule has 1 heterocycles. The summed E-state index contributed by atoms with van der Waals surface area (Å²) in [4.78, 5) is 0. The molecular weight excluding hydrogens is 321 g/mol. The predicted octanol–water partition coefficient (Wildman–Crippen LogP) is 4.96. The number of nitrogens with one attached hydrogen (secondary N) is 1. The summed E-state index contributed by atoms with van der Waals surface area (Å²) in [5.74, 6) is 0.955. The molecule has 1 aromatic heterocycles. The van der Waals surface area contributed by atoms with E-state index in [-0.39, 0.29) is 0 Å². The SMILES string of the molecule is Cc1cc(Cl)ccc1NCc1nnc(-c2cccc(Cl)c2)o1. The van der Waals surface area contributed by atoms with Crippen LogP contribution in [0.1, 0.15) is 11.5 Å². The number of aromatic nitrogens is 2. The Bertz CT molecular complexity index is 802. The van der Waals surface area contributed by atoms with E-state index in [1.807, 2.05) is 37.3 Å². The van der Waals surface area contributed by atoms with Gasteiger partial charge in [0.25, 0.3) is 0 Å². The number of halogens is 2. The fraction of sp³-hybridized carbons (Fsp3) is 0.125. The van der Waals surface area contributed by atoms with E-state index in [0.29, 0.717) is 28.4 Å². The fourth-order valence-corrected chi connectivity index (χ4v) is 2.48. The van der Waals surface area contributed by atoms with Crippen LogP contribution in [0, 0.1) is 6.92 Å². The van der Waals surface area contributed by atoms with Crippen LogP contribution >= 0.6 is 23.2 Å². The summed E-state index contributed by atoms with van der Waals surface area (Å²) in [5, 5.41) is 12.7. The van der Waals surface area contributed by atoms with Crippen LogP contribution in [0.25, 0.3) is 11.5 Å². The van der Waals surface area contributed by atoms with Crippen LogP contribution in [0.3, 0.4) is 0 Å². The topological polar surface area (TPSA) is 51.0 Å². The van der Waals surface area contributed by atoms with E-state index in [2.05, 4.69) is 15.5 Å². The lowest BCUT2D eigenvalue weighted by atomic mass is 10.2. The van der Waals surface area contributed by atoms with Crippen LogP contribution in [0.5, 0.6) is 0 Å². The maximum atomic E-state index is 5.96. The molecule has 112 valence electrons. The third-order valence-corrected chi connectivity index (χ3v) is 3.63. The van der Waals surface area contributed by atoms with E-state index in [0.717, 1.165) is 16.8 Å². The highest BCUT2D eigenvalue weighted by molar-refractivity contribution is 6.31. The van der Waals surface area contributed by atoms with Crippen molar-refractivity contribution in [2.45, 2.75) is 13.5 Å². The Morgan fingerprint density at radius 2 is 1.86 bits per heavy atom. The van der Waals surface area contributed by atoms with Crippen LogP contribution in [-0.2, 0) is 6.54 Å². The van der Waals surface area contributed by atoms with E-state index in [1.54, 1.807) is 12.1 Å². The number of aryl methyl sites for hydroxylation is 1. The molecule has 0 amide bonds. The number of hydrogen-bond donors (Lipinski definition) is 1. The van der Waals surface area contributed by atoms with Gasteiger partial charge < -0.3 is 9.73 Å². The standard InChI is InChI=1S/C16H13Cl2N3O/c1-10-7-13(18)5-6-14(10)19-9-15-20-21-16(22-15)11-3-2-4-12(17)8-11/h2-8,19H,9H2,1H3. The molecule has 3 rings (SSSR count). The highest BCUT2D eigenvalue weighted by Crippen LogP contribution is 2.23. The molecule has 22 heavy (non-hydrogen) atoms. The van der Waals surface area contributed by atoms with E-state index in [4.69, 9.17) is 27.6 Å². The number of rotatable bonds is 4. The van der Waals surface area contributed by atoms with Gasteiger partial charge in [0.1, 0.15) is 0 Å². The summed E-state index contributed by atoms with van der Waals surface area (Å²) < 4.78 is 5.64. The Morgan fingerprint density at radius 1 is 1.05 bits per heavy atom. The Kier molecular flexibility index (Phi) is 4.32. The van der Waals surface area contributed by atoms with Crippen molar-refractivity contribution >= 4 is 28.9 Å². The molecule has 4 nitrogen and oxygen atoms in total. The van der Waals surface area contributed by atoms with Crippen LogP contribution in [-0.4, -0.2) is 10.2 Å². The summed E-state index contributed by atoms with van der Waals surface area (Å²) >= 11 is 11.9. The Balaban J connectivity index is 1.72. The van der Waals surface area contributed by atoms with Crippen molar-refractivity contribution in [1.82, 2.24) is 10.2 Å². The van der Waals surface area contributed by atoms with Gasteiger partial charge in [0.15, 0.2) is 0 Å². The average Bonchev–Trinajstić information content (AvgIpc) is 2.95. The number of hydrogen-bond acceptors (Lipinski definition) is 4. The van der Waals surface area contributed by atoms with E-state index < -0.39 is 0 Å². The van der Waals surface area contributed by atoms with Gasteiger partial charge in [-0.15, -0.1) is 10.2 Å². The van der Waals surface area contributed by atoms with Crippen molar-refractivity contribution in [3.05, 3.63) is 64.0 Å². The van der Waals surface area contributed by atoms with Gasteiger partial charge in [-0.2, -0.15) is 0 Å². The first-order valence-electron chi connectivity index (χ1n) is 6.70. The normalized spacial score (nSPS) is 10.7. The van der Waals surface area contributed by atoms with E-state index in [1.165, 1.54) is 0 Å². The Morgan fingerprint density at radius 3 is 2.64 bits per heavy atom. The number of benzene rings is 2. The molecule has 0 aliphatic carbocycles. The van der Waals surface area contributed by atoms with Gasteiger partial charge >= 0.3 is 0 Å². The van der Waals surface area contributed by atoms with Crippen LogP contribution < -0.4 is 5.32 Å². The second-order valence-corrected chi connectivity index (χ2v) is 5.70. The lowest BCUT2D eigenvalue weighted by Gasteiger charge is -2.07. The maximum absolute atomic E-state index is 5.96. The zero-order valence-corrected chi connectivity index (χ0v) is 13.3. The number of anilines is 1. The fourth-order valence-electron chi connectivity index (χ4n) is 2.06. The largest absolute Gasteiger partial charge is 0.419 e. The van der Waals surface area contributed by atoms with Gasteiger partial charge in [-0.3, -0.25) is 0 Å². The van der Waals surface area contributed by atoms with E-state index in [9.17, 15) is 0 Å². The van der Waals surface area contributed by atoms with Gasteiger partial charge in [0.05, 0.1) is 6.54 Å². The smallest absolute Gasteiger partial charge is 0.247 e. The first-order valence-corrected chi connectivity index (χ1v) is 7.46. The zero-order valence-electron chi connectivity index (χ0n) is 11.8. The van der Waals surface area contributed by atoms with Gasteiger partial charge in [-0.25, -0.2) is 0 Å². The summed E-state index contributed by atoms with van der Waals surface area (Å²) in [6.45, 7) is 2.43. The Labute approximate surface area is 138 Å². The molecule has 0 spiro atoms. The lowest BCUT2D eigenvalue weighted by Crippen LogP contribution is -2.01. The summed E-state index contributed by atoms with van der Waals surface area (Å²) in [7, 11) is 0. The molecule has 2 aromatic carbocycles. The van der Waals surface area contributed by atoms with Crippen molar-refractivity contribution in [2.24, 2.45) is 0 Å². The molecule has 3 aromatic rings. The number of nitrogens with zero attached hydrogens (tertiary/aromatic N) is 2. The monoisotopic (exact) mass is 333 g/mol. The van der Waals surface area contributed by atoms with Crippen molar-refractivity contribution in [1.29, 1.82) is 0 Å². The molecule has 0 bridgehead atoms. The third-order valence-electron chi connectivity index (χ3n) is 3.16. The second kappa shape index (κ2) is 6.38. The first kappa shape index (κ1) is 14.9. The molecule has 0 aliphatic heterocycles. The minimum Gasteiger partial charge on any atom is -0.419 e. The van der Waals surface area contributed by atoms with E-state index >= 15 is 0 Å². The van der Waals surface area contributed by atoms with Crippen molar-refractivity contribution < 1.29 is 4.42 Å². The average molecular weight is 334 g/mol. The van der Waals surface area contributed by atoms with Crippen LogP contribution in [0.2, 0.25) is 10.0 Å². The molecule has 0 aliphatic rings. The molecule has 6 heteroatoms. The van der Waals surface area contributed by atoms with Gasteiger partial charge in [0.2, 0.25) is 11.8 Å². The van der Waals surface area contributed by atoms with Crippen LogP contribution in [0.15, 0.2) is 46.9 Å². The van der Waals surface area contributed by atoms with Gasteiger partial charge in [-0.05, 0) is 48.9 Å². The zero-order chi connectivity index (χ0) is 15.5. The second-order valence-electron chi connectivity index (χ2n) is 4.82. The van der Waals surface area contributed by atoms with Crippen molar-refractivity contribution in [3.63, 3.8) is 0 Å². The van der Waals surface area contributed by atoms with Gasteiger partial charge in [0, 0.05) is 21.3 Å². The highest BCUT2D eigenvalue weighted by atomic mass is 35.5. The highest BCUT2D eigenvalue weighted by Gasteiger charge is 2.09. The van der Waals surface area contributed by atoms with Crippen molar-refractivity contribution in [3.8, 4) is 11.5 Å². The maximum Gasteiger partial charge on any atom is 0.247 e. The Hall–Kier alpha value is -2.04.